The van der Waals surface area contributed by atoms with Crippen LogP contribution in [0.2, 0.25) is 0 Å². The lowest BCUT2D eigenvalue weighted by atomic mass is 10.0. The summed E-state index contributed by atoms with van der Waals surface area (Å²) in [6.45, 7) is 12.2. The first kappa shape index (κ1) is 16.3. The maximum absolute atomic E-state index is 4.00. The van der Waals surface area contributed by atoms with Gasteiger partial charge in [0.05, 0.1) is 0 Å². The summed E-state index contributed by atoms with van der Waals surface area (Å²) >= 11 is 0. The molecule has 0 amide bonds. The Morgan fingerprint density at radius 1 is 1.27 bits per heavy atom. The van der Waals surface area contributed by atoms with Crippen molar-refractivity contribution in [3.63, 3.8) is 0 Å². The Morgan fingerprint density at radius 3 is 2.13 bits per heavy atom. The fourth-order valence-electron chi connectivity index (χ4n) is 0.999. The van der Waals surface area contributed by atoms with Gasteiger partial charge in [0.1, 0.15) is 14.1 Å². The first-order valence-electron chi connectivity index (χ1n) is 5.64. The molecule has 0 saturated carbocycles. The first-order valence-corrected chi connectivity index (χ1v) is 5.64. The van der Waals surface area contributed by atoms with Crippen molar-refractivity contribution >= 4 is 6.21 Å². The van der Waals surface area contributed by atoms with Gasteiger partial charge in [-0.25, -0.2) is 4.58 Å². The minimum atomic E-state index is 1.02. The van der Waals surface area contributed by atoms with Crippen LogP contribution in [0.3, 0.4) is 0 Å². The molecule has 0 radical (unpaired) electrons. The van der Waals surface area contributed by atoms with E-state index in [0.29, 0.717) is 0 Å². The normalized spacial score (nSPS) is 10.7. The maximum Gasteiger partial charge on any atom is 0.163 e. The summed E-state index contributed by atoms with van der Waals surface area (Å²) in [5, 5.41) is 0. The second-order valence-electron chi connectivity index (χ2n) is 3.18. The summed E-state index contributed by atoms with van der Waals surface area (Å²) < 4.78 is 2.03. The van der Waals surface area contributed by atoms with Gasteiger partial charge < -0.3 is 0 Å². The van der Waals surface area contributed by atoms with Gasteiger partial charge in [0, 0.05) is 6.08 Å². The fraction of sp³-hybridized carbons (Fsp3) is 0.500. The number of nitrogens with zero attached hydrogens (tertiary/aromatic N) is 1. The molecule has 0 atom stereocenters. The Labute approximate surface area is 95.5 Å². The molecule has 0 aliphatic carbocycles. The molecule has 0 aliphatic heterocycles. The van der Waals surface area contributed by atoms with Crippen LogP contribution in [-0.4, -0.2) is 24.9 Å². The predicted molar refractivity (Wildman–Crippen MR) is 71.8 cm³/mol. The molecule has 0 unspecified atom stereocenters. The average Bonchev–Trinajstić information content (AvgIpc) is 2.21. The predicted octanol–water partition coefficient (Wildman–Crippen LogP) is 3.82. The number of hydrogen-bond acceptors (Lipinski definition) is 0. The zero-order valence-electron chi connectivity index (χ0n) is 11.2. The topological polar surface area (TPSA) is 3.01 Å². The molecule has 0 heterocycles. The zero-order valence-corrected chi connectivity index (χ0v) is 11.2. The molecule has 0 aliphatic rings. The van der Waals surface area contributed by atoms with Crippen LogP contribution in [0.5, 0.6) is 0 Å². The highest BCUT2D eigenvalue weighted by molar-refractivity contribution is 5.69. The van der Waals surface area contributed by atoms with Crippen molar-refractivity contribution in [1.82, 2.24) is 0 Å². The largest absolute Gasteiger partial charge is 0.241 e. The van der Waals surface area contributed by atoms with Gasteiger partial charge in [-0.3, -0.25) is 0 Å². The van der Waals surface area contributed by atoms with Crippen molar-refractivity contribution < 1.29 is 4.58 Å². The van der Waals surface area contributed by atoms with E-state index in [2.05, 4.69) is 19.6 Å². The van der Waals surface area contributed by atoms with Gasteiger partial charge in [0.2, 0.25) is 0 Å². The van der Waals surface area contributed by atoms with E-state index in [1.807, 2.05) is 57.8 Å². The van der Waals surface area contributed by atoms with Crippen molar-refractivity contribution in [2.24, 2.45) is 0 Å². The zero-order chi connectivity index (χ0) is 12.3. The third kappa shape index (κ3) is 9.20. The van der Waals surface area contributed by atoms with Crippen LogP contribution in [0.1, 0.15) is 34.1 Å². The van der Waals surface area contributed by atoms with Crippen LogP contribution in [0.25, 0.3) is 0 Å². The summed E-state index contributed by atoms with van der Waals surface area (Å²) in [7, 11) is 4.03. The Balaban J connectivity index is 0. The third-order valence-corrected chi connectivity index (χ3v) is 1.74. The lowest BCUT2D eigenvalue weighted by molar-refractivity contribution is -0.458. The molecule has 0 aromatic heterocycles. The summed E-state index contributed by atoms with van der Waals surface area (Å²) in [6.07, 6.45) is 9.24. The molecule has 1 nitrogen and oxygen atoms in total. The van der Waals surface area contributed by atoms with Crippen molar-refractivity contribution in [1.29, 1.82) is 0 Å². The summed E-state index contributed by atoms with van der Waals surface area (Å²) in [6, 6.07) is 0. The highest BCUT2D eigenvalue weighted by Crippen LogP contribution is 2.11. The standard InChI is InChI=1S/C12H20N.C2H6/c1-6-8-11(3)12(7-2)9-10-13(4)5;1-2/h6,8-10H,3,7H2,1-2,4-5H3;1-2H3/q+1;/b8-6-,12-9+;. The van der Waals surface area contributed by atoms with Crippen LogP contribution in [0, 0.1) is 0 Å². The molecular formula is C14H26N+. The van der Waals surface area contributed by atoms with Gasteiger partial charge in [-0.05, 0) is 24.5 Å². The molecular weight excluding hydrogens is 182 g/mol. The van der Waals surface area contributed by atoms with Crippen LogP contribution < -0.4 is 0 Å². The lowest BCUT2D eigenvalue weighted by Gasteiger charge is -2.00. The minimum Gasteiger partial charge on any atom is -0.241 e. The van der Waals surface area contributed by atoms with Crippen LogP contribution in [0.4, 0.5) is 0 Å². The molecule has 0 aromatic rings. The van der Waals surface area contributed by atoms with Crippen molar-refractivity contribution in [3.8, 4) is 0 Å². The van der Waals surface area contributed by atoms with E-state index in [4.69, 9.17) is 0 Å². The monoisotopic (exact) mass is 208 g/mol. The molecule has 0 bridgehead atoms. The summed E-state index contributed by atoms with van der Waals surface area (Å²) in [5.41, 5.74) is 2.38. The SMILES string of the molecule is C=C(/C=C\C)/C(=C/C=[N+](C)C)CC.CC. The average molecular weight is 208 g/mol. The van der Waals surface area contributed by atoms with Gasteiger partial charge in [0.15, 0.2) is 6.21 Å². The van der Waals surface area contributed by atoms with Crippen molar-refractivity contribution in [2.75, 3.05) is 14.1 Å². The van der Waals surface area contributed by atoms with Crippen molar-refractivity contribution in [2.45, 2.75) is 34.1 Å². The smallest absolute Gasteiger partial charge is 0.163 e. The molecule has 0 N–H and O–H groups in total. The number of rotatable bonds is 4. The minimum absolute atomic E-state index is 1.02. The number of hydrogen-bond donors (Lipinski definition) is 0. The summed E-state index contributed by atoms with van der Waals surface area (Å²) in [4.78, 5) is 0. The van der Waals surface area contributed by atoms with Crippen LogP contribution in [0.15, 0.2) is 36.0 Å². The Kier molecular flexibility index (Phi) is 11.9. The Morgan fingerprint density at radius 2 is 1.80 bits per heavy atom. The maximum atomic E-state index is 4.00. The quantitative estimate of drug-likeness (QED) is 0.375. The first-order chi connectivity index (χ1) is 7.11. The highest BCUT2D eigenvalue weighted by atomic mass is 14.9. The van der Waals surface area contributed by atoms with Gasteiger partial charge in [-0.1, -0.05) is 39.5 Å². The molecule has 1 heteroatoms. The number of allylic oxidation sites excluding steroid dienone is 5. The van der Waals surface area contributed by atoms with Gasteiger partial charge >= 0.3 is 0 Å². The summed E-state index contributed by atoms with van der Waals surface area (Å²) in [5.74, 6) is 0. The third-order valence-electron chi connectivity index (χ3n) is 1.74. The van der Waals surface area contributed by atoms with E-state index >= 15 is 0 Å². The fourth-order valence-corrected chi connectivity index (χ4v) is 0.999. The van der Waals surface area contributed by atoms with Crippen LogP contribution >= 0.6 is 0 Å². The molecule has 0 rings (SSSR count). The molecule has 0 fully saturated rings. The van der Waals surface area contributed by atoms with E-state index in [9.17, 15) is 0 Å². The molecule has 15 heavy (non-hydrogen) atoms. The molecule has 86 valence electrons. The lowest BCUT2D eigenvalue weighted by Crippen LogP contribution is -1.97. The molecule has 0 spiro atoms. The van der Waals surface area contributed by atoms with Crippen molar-refractivity contribution in [3.05, 3.63) is 36.0 Å². The van der Waals surface area contributed by atoms with Gasteiger partial charge in [-0.2, -0.15) is 0 Å². The van der Waals surface area contributed by atoms with E-state index in [1.165, 1.54) is 5.57 Å². The molecule has 0 aromatic carbocycles. The highest BCUT2D eigenvalue weighted by Gasteiger charge is 1.95. The van der Waals surface area contributed by atoms with E-state index in [1.54, 1.807) is 0 Å². The van der Waals surface area contributed by atoms with Gasteiger partial charge in [-0.15, -0.1) is 0 Å². The van der Waals surface area contributed by atoms with E-state index < -0.39 is 0 Å². The second-order valence-corrected chi connectivity index (χ2v) is 3.18. The Bertz CT molecular complexity index is 251. The van der Waals surface area contributed by atoms with Crippen LogP contribution in [-0.2, 0) is 0 Å². The van der Waals surface area contributed by atoms with Gasteiger partial charge in [0.25, 0.3) is 0 Å². The Hall–Kier alpha value is -1.11. The van der Waals surface area contributed by atoms with E-state index in [-0.39, 0.29) is 0 Å². The molecule has 0 saturated heterocycles. The van der Waals surface area contributed by atoms with E-state index in [0.717, 1.165) is 12.0 Å². The second kappa shape index (κ2) is 11.0.